The first-order valence-electron chi connectivity index (χ1n) is 8.41. The molecule has 0 aliphatic rings. The summed E-state index contributed by atoms with van der Waals surface area (Å²) in [7, 11) is 0. The summed E-state index contributed by atoms with van der Waals surface area (Å²) in [5.74, 6) is -0.316. The highest BCUT2D eigenvalue weighted by Gasteiger charge is 2.10. The lowest BCUT2D eigenvalue weighted by Gasteiger charge is -2.10. The summed E-state index contributed by atoms with van der Waals surface area (Å²) in [4.78, 5) is 27.8. The molecule has 0 saturated heterocycles. The van der Waals surface area contributed by atoms with Crippen molar-refractivity contribution in [1.82, 2.24) is 10.3 Å². The summed E-state index contributed by atoms with van der Waals surface area (Å²) in [6, 6.07) is 17.6. The molecule has 27 heavy (non-hydrogen) atoms. The fraction of sp³-hybridized carbons (Fsp3) is 0.0952. The van der Waals surface area contributed by atoms with Gasteiger partial charge < -0.3 is 15.8 Å². The molecule has 0 aliphatic heterocycles. The van der Waals surface area contributed by atoms with Gasteiger partial charge in [0.2, 0.25) is 0 Å². The van der Waals surface area contributed by atoms with Crippen molar-refractivity contribution in [2.24, 2.45) is 5.73 Å². The molecular formula is C21H19N3O3. The second kappa shape index (κ2) is 8.62. The van der Waals surface area contributed by atoms with Crippen molar-refractivity contribution in [3.8, 4) is 5.75 Å². The van der Waals surface area contributed by atoms with Crippen molar-refractivity contribution in [2.45, 2.75) is 13.2 Å². The number of carbonyl (C=O) groups is 2. The molecule has 3 aromatic rings. The van der Waals surface area contributed by atoms with Crippen LogP contribution in [0.25, 0.3) is 0 Å². The minimum Gasteiger partial charge on any atom is -0.488 e. The van der Waals surface area contributed by atoms with E-state index in [2.05, 4.69) is 10.3 Å². The van der Waals surface area contributed by atoms with Gasteiger partial charge in [-0.05, 0) is 41.5 Å². The van der Waals surface area contributed by atoms with Gasteiger partial charge in [0, 0.05) is 24.5 Å². The fourth-order valence-electron chi connectivity index (χ4n) is 2.55. The molecule has 0 saturated carbocycles. The van der Waals surface area contributed by atoms with Gasteiger partial charge in [-0.3, -0.25) is 14.6 Å². The van der Waals surface area contributed by atoms with Crippen molar-refractivity contribution in [3.63, 3.8) is 0 Å². The Morgan fingerprint density at radius 3 is 2.59 bits per heavy atom. The smallest absolute Gasteiger partial charge is 0.252 e. The zero-order valence-corrected chi connectivity index (χ0v) is 14.6. The minimum absolute atomic E-state index is 0.182. The van der Waals surface area contributed by atoms with Gasteiger partial charge in [-0.25, -0.2) is 0 Å². The molecule has 2 aromatic carbocycles. The van der Waals surface area contributed by atoms with Crippen LogP contribution in [0.1, 0.15) is 31.8 Å². The molecule has 0 aliphatic carbocycles. The van der Waals surface area contributed by atoms with Gasteiger partial charge in [0.05, 0.1) is 5.56 Å². The van der Waals surface area contributed by atoms with Crippen LogP contribution in [0.2, 0.25) is 0 Å². The Balaban J connectivity index is 1.63. The van der Waals surface area contributed by atoms with Crippen LogP contribution < -0.4 is 15.8 Å². The first-order chi connectivity index (χ1) is 13.1. The second-order valence-electron chi connectivity index (χ2n) is 5.89. The predicted molar refractivity (Wildman–Crippen MR) is 101 cm³/mol. The molecule has 3 N–H and O–H groups in total. The lowest BCUT2D eigenvalue weighted by molar-refractivity contribution is 0.0949. The topological polar surface area (TPSA) is 94.3 Å². The highest BCUT2D eigenvalue weighted by atomic mass is 16.5. The number of hydrogen-bond acceptors (Lipinski definition) is 4. The second-order valence-corrected chi connectivity index (χ2v) is 5.89. The molecule has 2 amide bonds. The largest absolute Gasteiger partial charge is 0.488 e. The number of ether oxygens (including phenoxy) is 1. The lowest BCUT2D eigenvalue weighted by atomic mass is 10.1. The number of aromatic nitrogens is 1. The summed E-state index contributed by atoms with van der Waals surface area (Å²) in [6.07, 6.45) is 3.39. The fourth-order valence-corrected chi connectivity index (χ4v) is 2.55. The average Bonchev–Trinajstić information content (AvgIpc) is 2.71. The zero-order valence-electron chi connectivity index (χ0n) is 14.6. The van der Waals surface area contributed by atoms with Gasteiger partial charge in [0.1, 0.15) is 12.4 Å². The van der Waals surface area contributed by atoms with Crippen molar-refractivity contribution < 1.29 is 14.3 Å². The molecule has 0 unspecified atom stereocenters. The van der Waals surface area contributed by atoms with Crippen LogP contribution in [0.15, 0.2) is 73.1 Å². The van der Waals surface area contributed by atoms with Crippen LogP contribution in [-0.2, 0) is 13.2 Å². The Morgan fingerprint density at radius 2 is 1.81 bits per heavy atom. The first kappa shape index (κ1) is 18.1. The SMILES string of the molecule is NC(=O)c1ccccc1OCc1cccc(C(=O)NCc2cccnc2)c1. The van der Waals surface area contributed by atoms with E-state index in [0.29, 0.717) is 23.4 Å². The Kier molecular flexibility index (Phi) is 5.79. The molecule has 1 aromatic heterocycles. The third-order valence-electron chi connectivity index (χ3n) is 3.91. The summed E-state index contributed by atoms with van der Waals surface area (Å²) >= 11 is 0. The van der Waals surface area contributed by atoms with E-state index >= 15 is 0 Å². The maximum absolute atomic E-state index is 12.4. The standard InChI is InChI=1S/C21H19N3O3/c22-20(25)18-8-1-2-9-19(18)27-14-15-5-3-7-17(11-15)21(26)24-13-16-6-4-10-23-12-16/h1-12H,13-14H2,(H2,22,25)(H,24,26). The Labute approximate surface area is 157 Å². The predicted octanol–water partition coefficient (Wildman–Crippen LogP) is 2.69. The van der Waals surface area contributed by atoms with Crippen LogP contribution >= 0.6 is 0 Å². The van der Waals surface area contributed by atoms with Gasteiger partial charge in [-0.1, -0.05) is 30.3 Å². The Hall–Kier alpha value is -3.67. The van der Waals surface area contributed by atoms with Crippen molar-refractivity contribution in [1.29, 1.82) is 0 Å². The number of nitrogens with one attached hydrogen (secondary N) is 1. The molecule has 1 heterocycles. The van der Waals surface area contributed by atoms with Gasteiger partial charge >= 0.3 is 0 Å². The van der Waals surface area contributed by atoms with Gasteiger partial charge in [0.25, 0.3) is 11.8 Å². The van der Waals surface area contributed by atoms with Gasteiger partial charge in [0.15, 0.2) is 0 Å². The molecule has 6 heteroatoms. The number of primary amides is 1. The number of rotatable bonds is 7. The highest BCUT2D eigenvalue weighted by molar-refractivity contribution is 5.95. The van der Waals surface area contributed by atoms with Crippen molar-refractivity contribution >= 4 is 11.8 Å². The highest BCUT2D eigenvalue weighted by Crippen LogP contribution is 2.19. The van der Waals surface area contributed by atoms with Crippen LogP contribution in [0.5, 0.6) is 5.75 Å². The number of nitrogens with two attached hydrogens (primary N) is 1. The van der Waals surface area contributed by atoms with Crippen LogP contribution in [0.4, 0.5) is 0 Å². The molecule has 136 valence electrons. The average molecular weight is 361 g/mol. The van der Waals surface area contributed by atoms with Crippen LogP contribution in [0.3, 0.4) is 0 Å². The molecule has 0 fully saturated rings. The minimum atomic E-state index is -0.547. The molecule has 0 bridgehead atoms. The monoisotopic (exact) mass is 361 g/mol. The molecule has 3 rings (SSSR count). The van der Waals surface area contributed by atoms with Crippen LogP contribution in [0, 0.1) is 0 Å². The van der Waals surface area contributed by atoms with E-state index in [-0.39, 0.29) is 12.5 Å². The normalized spacial score (nSPS) is 10.2. The number of pyridine rings is 1. The molecule has 0 radical (unpaired) electrons. The summed E-state index contributed by atoms with van der Waals surface area (Å²) < 4.78 is 5.71. The van der Waals surface area contributed by atoms with E-state index in [1.165, 1.54) is 0 Å². The number of hydrogen-bond donors (Lipinski definition) is 2. The maximum atomic E-state index is 12.4. The van der Waals surface area contributed by atoms with E-state index in [4.69, 9.17) is 10.5 Å². The van der Waals surface area contributed by atoms with E-state index in [1.807, 2.05) is 18.2 Å². The van der Waals surface area contributed by atoms with Gasteiger partial charge in [-0.2, -0.15) is 0 Å². The molecule has 6 nitrogen and oxygen atoms in total. The lowest BCUT2D eigenvalue weighted by Crippen LogP contribution is -2.23. The number of carbonyl (C=O) groups excluding carboxylic acids is 2. The first-order valence-corrected chi connectivity index (χ1v) is 8.41. The molecule has 0 spiro atoms. The molecular weight excluding hydrogens is 342 g/mol. The number of para-hydroxylation sites is 1. The Bertz CT molecular complexity index is 942. The van der Waals surface area contributed by atoms with E-state index in [9.17, 15) is 9.59 Å². The maximum Gasteiger partial charge on any atom is 0.252 e. The van der Waals surface area contributed by atoms with E-state index in [1.54, 1.807) is 54.9 Å². The summed E-state index contributed by atoms with van der Waals surface area (Å²) in [6.45, 7) is 0.618. The van der Waals surface area contributed by atoms with Crippen LogP contribution in [-0.4, -0.2) is 16.8 Å². The number of benzene rings is 2. The third kappa shape index (κ3) is 4.92. The number of nitrogens with zero attached hydrogens (tertiary/aromatic N) is 1. The zero-order chi connectivity index (χ0) is 19.1. The van der Waals surface area contributed by atoms with Crippen molar-refractivity contribution in [3.05, 3.63) is 95.3 Å². The number of amides is 2. The van der Waals surface area contributed by atoms with E-state index in [0.717, 1.165) is 11.1 Å². The van der Waals surface area contributed by atoms with E-state index < -0.39 is 5.91 Å². The quantitative estimate of drug-likeness (QED) is 0.676. The summed E-state index contributed by atoms with van der Waals surface area (Å²) in [5, 5.41) is 2.86. The summed E-state index contributed by atoms with van der Waals surface area (Å²) in [5.41, 5.74) is 7.94. The van der Waals surface area contributed by atoms with Crippen molar-refractivity contribution in [2.75, 3.05) is 0 Å². The Morgan fingerprint density at radius 1 is 1.00 bits per heavy atom. The third-order valence-corrected chi connectivity index (χ3v) is 3.91. The van der Waals surface area contributed by atoms with Gasteiger partial charge in [-0.15, -0.1) is 0 Å². The molecule has 0 atom stereocenters.